The van der Waals surface area contributed by atoms with E-state index in [0.717, 1.165) is 30.1 Å². The molecule has 3 aromatic rings. The van der Waals surface area contributed by atoms with Crippen molar-refractivity contribution in [1.82, 2.24) is 24.2 Å². The second-order valence-electron chi connectivity index (χ2n) is 6.35. The molecule has 0 aliphatic rings. The Labute approximate surface area is 171 Å². The van der Waals surface area contributed by atoms with Crippen molar-refractivity contribution in [3.05, 3.63) is 59.9 Å². The molecule has 0 atom stereocenters. The van der Waals surface area contributed by atoms with Gasteiger partial charge in [-0.05, 0) is 38.1 Å². The molecule has 0 radical (unpaired) electrons. The van der Waals surface area contributed by atoms with Crippen molar-refractivity contribution < 1.29 is 21.6 Å². The topological polar surface area (TPSA) is 102 Å². The normalized spacial score (nSPS) is 12.2. The third-order valence-electron chi connectivity index (χ3n) is 4.11. The molecule has 2 aromatic heterocycles. The molecule has 30 heavy (non-hydrogen) atoms. The summed E-state index contributed by atoms with van der Waals surface area (Å²) >= 11 is 0. The SMILES string of the molecule is Cc1nc(NCCNS(=O)(=O)c2ccc(C(F)(F)F)cc2)cc(-n2ccnc2C)n1. The predicted molar refractivity (Wildman–Crippen MR) is 104 cm³/mol. The summed E-state index contributed by atoms with van der Waals surface area (Å²) in [4.78, 5) is 12.5. The summed E-state index contributed by atoms with van der Waals surface area (Å²) in [6.07, 6.45) is -1.11. The second-order valence-corrected chi connectivity index (χ2v) is 8.12. The number of nitrogens with one attached hydrogen (secondary N) is 2. The summed E-state index contributed by atoms with van der Waals surface area (Å²) in [5, 5.41) is 3.00. The second kappa shape index (κ2) is 8.40. The number of aryl methyl sites for hydroxylation is 2. The fourth-order valence-corrected chi connectivity index (χ4v) is 3.70. The maximum Gasteiger partial charge on any atom is 0.416 e. The summed E-state index contributed by atoms with van der Waals surface area (Å²) in [5.74, 6) is 2.39. The molecule has 12 heteroatoms. The number of anilines is 1. The average Bonchev–Trinajstić information content (AvgIpc) is 3.10. The quantitative estimate of drug-likeness (QED) is 0.548. The minimum Gasteiger partial charge on any atom is -0.369 e. The van der Waals surface area contributed by atoms with Gasteiger partial charge in [0.25, 0.3) is 0 Å². The molecule has 2 heterocycles. The van der Waals surface area contributed by atoms with Gasteiger partial charge in [0.15, 0.2) is 0 Å². The van der Waals surface area contributed by atoms with Crippen molar-refractivity contribution in [1.29, 1.82) is 0 Å². The molecular formula is C18H19F3N6O2S. The summed E-state index contributed by atoms with van der Waals surface area (Å²) in [5.41, 5.74) is -0.911. The van der Waals surface area contributed by atoms with E-state index in [0.29, 0.717) is 17.5 Å². The van der Waals surface area contributed by atoms with Crippen LogP contribution in [0.5, 0.6) is 0 Å². The van der Waals surface area contributed by atoms with Crippen molar-refractivity contribution in [2.24, 2.45) is 0 Å². The van der Waals surface area contributed by atoms with Crippen molar-refractivity contribution >= 4 is 15.8 Å². The number of nitrogens with zero attached hydrogens (tertiary/aromatic N) is 4. The maximum atomic E-state index is 12.6. The van der Waals surface area contributed by atoms with Crippen LogP contribution >= 0.6 is 0 Å². The fraction of sp³-hybridized carbons (Fsp3) is 0.278. The van der Waals surface area contributed by atoms with Gasteiger partial charge >= 0.3 is 6.18 Å². The maximum absolute atomic E-state index is 12.6. The van der Waals surface area contributed by atoms with Crippen molar-refractivity contribution in [3.63, 3.8) is 0 Å². The van der Waals surface area contributed by atoms with Crippen LogP contribution in [0.25, 0.3) is 5.82 Å². The average molecular weight is 440 g/mol. The first-order valence-corrected chi connectivity index (χ1v) is 10.3. The van der Waals surface area contributed by atoms with Gasteiger partial charge in [0, 0.05) is 31.5 Å². The van der Waals surface area contributed by atoms with Crippen LogP contribution in [0.3, 0.4) is 0 Å². The van der Waals surface area contributed by atoms with E-state index in [1.807, 2.05) is 6.92 Å². The monoisotopic (exact) mass is 440 g/mol. The van der Waals surface area contributed by atoms with Gasteiger partial charge in [0.05, 0.1) is 10.5 Å². The largest absolute Gasteiger partial charge is 0.416 e. The number of halogens is 3. The summed E-state index contributed by atoms with van der Waals surface area (Å²) in [6.45, 7) is 3.78. The lowest BCUT2D eigenvalue weighted by Crippen LogP contribution is -2.29. The first kappa shape index (κ1) is 21.7. The van der Waals surface area contributed by atoms with Gasteiger partial charge in [-0.15, -0.1) is 0 Å². The van der Waals surface area contributed by atoms with Gasteiger partial charge in [0.1, 0.15) is 23.3 Å². The van der Waals surface area contributed by atoms with Gasteiger partial charge in [-0.25, -0.2) is 28.1 Å². The van der Waals surface area contributed by atoms with Gasteiger partial charge < -0.3 is 5.32 Å². The minimum atomic E-state index is -4.52. The molecule has 0 spiro atoms. The van der Waals surface area contributed by atoms with Crippen LogP contribution in [-0.2, 0) is 16.2 Å². The molecular weight excluding hydrogens is 421 g/mol. The van der Waals surface area contributed by atoms with Crippen LogP contribution in [0.1, 0.15) is 17.2 Å². The van der Waals surface area contributed by atoms with E-state index < -0.39 is 21.8 Å². The number of rotatable bonds is 7. The summed E-state index contributed by atoms with van der Waals surface area (Å²) < 4.78 is 66.4. The van der Waals surface area contributed by atoms with E-state index in [4.69, 9.17) is 0 Å². The Morgan fingerprint density at radius 2 is 1.77 bits per heavy atom. The first-order valence-electron chi connectivity index (χ1n) is 8.83. The highest BCUT2D eigenvalue weighted by molar-refractivity contribution is 7.89. The lowest BCUT2D eigenvalue weighted by atomic mass is 10.2. The molecule has 0 unspecified atom stereocenters. The first-order chi connectivity index (χ1) is 14.1. The number of aromatic nitrogens is 4. The van der Waals surface area contributed by atoms with E-state index >= 15 is 0 Å². The molecule has 160 valence electrons. The Morgan fingerprint density at radius 1 is 1.07 bits per heavy atom. The lowest BCUT2D eigenvalue weighted by molar-refractivity contribution is -0.137. The summed E-state index contributed by atoms with van der Waals surface area (Å²) in [6, 6.07) is 5.01. The van der Waals surface area contributed by atoms with Crippen LogP contribution in [-0.4, -0.2) is 41.0 Å². The zero-order valence-electron chi connectivity index (χ0n) is 16.1. The molecule has 3 rings (SSSR count). The third kappa shape index (κ3) is 5.13. The molecule has 0 bridgehead atoms. The zero-order chi connectivity index (χ0) is 21.9. The van der Waals surface area contributed by atoms with E-state index in [2.05, 4.69) is 25.0 Å². The van der Waals surface area contributed by atoms with E-state index in [1.165, 1.54) is 0 Å². The number of alkyl halides is 3. The van der Waals surface area contributed by atoms with E-state index in [1.54, 1.807) is 30.0 Å². The Balaban J connectivity index is 1.60. The highest BCUT2D eigenvalue weighted by Crippen LogP contribution is 2.29. The molecule has 8 nitrogen and oxygen atoms in total. The van der Waals surface area contributed by atoms with Crippen LogP contribution in [0.2, 0.25) is 0 Å². The Morgan fingerprint density at radius 3 is 2.37 bits per heavy atom. The molecule has 0 fully saturated rings. The van der Waals surface area contributed by atoms with Crippen LogP contribution < -0.4 is 10.0 Å². The van der Waals surface area contributed by atoms with Gasteiger partial charge in [-0.2, -0.15) is 13.2 Å². The highest BCUT2D eigenvalue weighted by Gasteiger charge is 2.30. The van der Waals surface area contributed by atoms with Crippen LogP contribution in [0.15, 0.2) is 47.6 Å². The number of hydrogen-bond donors (Lipinski definition) is 2. The Bertz CT molecular complexity index is 1130. The molecule has 1 aromatic carbocycles. The van der Waals surface area contributed by atoms with Gasteiger partial charge in [-0.1, -0.05) is 0 Å². The molecule has 2 N–H and O–H groups in total. The number of sulfonamides is 1. The molecule has 0 saturated carbocycles. The fourth-order valence-electron chi connectivity index (χ4n) is 2.67. The van der Waals surface area contributed by atoms with E-state index in [9.17, 15) is 21.6 Å². The van der Waals surface area contributed by atoms with E-state index in [-0.39, 0.29) is 18.0 Å². The third-order valence-corrected chi connectivity index (χ3v) is 5.59. The van der Waals surface area contributed by atoms with Gasteiger partial charge in [0.2, 0.25) is 10.0 Å². The van der Waals surface area contributed by atoms with Crippen molar-refractivity contribution in [2.75, 3.05) is 18.4 Å². The van der Waals surface area contributed by atoms with Crippen molar-refractivity contribution in [2.45, 2.75) is 24.9 Å². The zero-order valence-corrected chi connectivity index (χ0v) is 16.9. The van der Waals surface area contributed by atoms with Crippen molar-refractivity contribution in [3.8, 4) is 5.82 Å². The number of imidazole rings is 1. The molecule has 0 amide bonds. The van der Waals surface area contributed by atoms with Crippen LogP contribution in [0.4, 0.5) is 19.0 Å². The van der Waals surface area contributed by atoms with Crippen LogP contribution in [0, 0.1) is 13.8 Å². The number of benzene rings is 1. The number of hydrogen-bond acceptors (Lipinski definition) is 6. The Kier molecular flexibility index (Phi) is 6.08. The standard InChI is InChI=1S/C18H19F3N6O2S/c1-12-25-16(11-17(26-12)27-10-9-22-13(27)2)23-7-8-24-30(28,29)15-5-3-14(4-6-15)18(19,20)21/h3-6,9-11,24H,7-8H2,1-2H3,(H,23,25,26). The molecule has 0 aliphatic carbocycles. The highest BCUT2D eigenvalue weighted by atomic mass is 32.2. The smallest absolute Gasteiger partial charge is 0.369 e. The van der Waals surface area contributed by atoms with Gasteiger partial charge in [-0.3, -0.25) is 4.57 Å². The molecule has 0 saturated heterocycles. The summed E-state index contributed by atoms with van der Waals surface area (Å²) in [7, 11) is -3.94. The Hall–Kier alpha value is -2.99. The minimum absolute atomic E-state index is 0.00580. The molecule has 0 aliphatic heterocycles. The predicted octanol–water partition coefficient (Wildman–Crippen LogP) is 2.69. The lowest BCUT2D eigenvalue weighted by Gasteiger charge is -2.11.